The molecule has 6 heteroatoms. The first-order chi connectivity index (χ1) is 9.61. The molecular weight excluding hydrogens is 259 g/mol. The molecule has 0 unspecified atom stereocenters. The van der Waals surface area contributed by atoms with E-state index in [2.05, 4.69) is 17.3 Å². The molecule has 0 bridgehead atoms. The molecule has 0 saturated heterocycles. The highest BCUT2D eigenvalue weighted by Gasteiger charge is 2.10. The van der Waals surface area contributed by atoms with Crippen LogP contribution in [-0.4, -0.2) is 22.2 Å². The Morgan fingerprint density at radius 3 is 2.90 bits per heavy atom. The second-order valence-electron chi connectivity index (χ2n) is 4.46. The predicted molar refractivity (Wildman–Crippen MR) is 74.0 cm³/mol. The van der Waals surface area contributed by atoms with E-state index in [9.17, 15) is 9.18 Å². The Labute approximate surface area is 116 Å². The Morgan fingerprint density at radius 2 is 2.25 bits per heavy atom. The molecule has 1 amide bonds. The second-order valence-corrected chi connectivity index (χ2v) is 4.46. The van der Waals surface area contributed by atoms with Crippen molar-refractivity contribution >= 4 is 5.91 Å². The number of rotatable bonds is 6. The maximum Gasteiger partial charge on any atom is 0.269 e. The summed E-state index contributed by atoms with van der Waals surface area (Å²) in [5, 5.41) is 7.31. The molecular formula is C14H17FN4O. The van der Waals surface area contributed by atoms with E-state index in [1.807, 2.05) is 0 Å². The number of primary amides is 1. The zero-order valence-electron chi connectivity index (χ0n) is 11.3. The molecule has 0 fully saturated rings. The van der Waals surface area contributed by atoms with Gasteiger partial charge in [0.2, 0.25) is 0 Å². The van der Waals surface area contributed by atoms with Gasteiger partial charge in [-0.2, -0.15) is 5.10 Å². The van der Waals surface area contributed by atoms with Crippen molar-refractivity contribution in [2.75, 3.05) is 6.54 Å². The lowest BCUT2D eigenvalue weighted by molar-refractivity contribution is 0.0995. The number of hydrogen-bond donors (Lipinski definition) is 2. The Kier molecular flexibility index (Phi) is 4.47. The summed E-state index contributed by atoms with van der Waals surface area (Å²) in [6.07, 6.45) is 2.63. The van der Waals surface area contributed by atoms with Crippen LogP contribution in [0.15, 0.2) is 30.5 Å². The van der Waals surface area contributed by atoms with Crippen LogP contribution in [0.1, 0.15) is 29.4 Å². The molecule has 0 spiro atoms. The van der Waals surface area contributed by atoms with E-state index in [1.165, 1.54) is 22.9 Å². The molecule has 0 atom stereocenters. The predicted octanol–water partition coefficient (Wildman–Crippen LogP) is 1.61. The Balaban J connectivity index is 2.31. The first kappa shape index (κ1) is 14.2. The second kappa shape index (κ2) is 6.29. The third-order valence-electron chi connectivity index (χ3n) is 2.87. The van der Waals surface area contributed by atoms with Crippen molar-refractivity contribution in [2.45, 2.75) is 19.9 Å². The van der Waals surface area contributed by atoms with Crippen molar-refractivity contribution in [3.05, 3.63) is 47.5 Å². The number of benzene rings is 1. The van der Waals surface area contributed by atoms with Gasteiger partial charge in [-0.1, -0.05) is 6.92 Å². The Morgan fingerprint density at radius 1 is 1.45 bits per heavy atom. The fourth-order valence-corrected chi connectivity index (χ4v) is 1.91. The van der Waals surface area contributed by atoms with Crippen LogP contribution in [0.3, 0.4) is 0 Å². The van der Waals surface area contributed by atoms with E-state index < -0.39 is 5.91 Å². The molecule has 1 aromatic heterocycles. The summed E-state index contributed by atoms with van der Waals surface area (Å²) in [7, 11) is 0. The lowest BCUT2D eigenvalue weighted by Gasteiger charge is -2.10. The number of nitrogens with zero attached hydrogens (tertiary/aromatic N) is 2. The van der Waals surface area contributed by atoms with E-state index in [0.717, 1.165) is 24.2 Å². The van der Waals surface area contributed by atoms with Gasteiger partial charge in [-0.15, -0.1) is 0 Å². The average molecular weight is 276 g/mol. The van der Waals surface area contributed by atoms with Gasteiger partial charge in [0.15, 0.2) is 0 Å². The highest BCUT2D eigenvalue weighted by Crippen LogP contribution is 2.16. The minimum atomic E-state index is -0.587. The zero-order chi connectivity index (χ0) is 14.5. The molecule has 2 rings (SSSR count). The van der Waals surface area contributed by atoms with Crippen LogP contribution in [0.4, 0.5) is 4.39 Å². The number of nitrogens with one attached hydrogen (secondary N) is 1. The van der Waals surface area contributed by atoms with Gasteiger partial charge in [0.25, 0.3) is 5.91 Å². The van der Waals surface area contributed by atoms with E-state index >= 15 is 0 Å². The minimum absolute atomic E-state index is 0.182. The van der Waals surface area contributed by atoms with E-state index in [0.29, 0.717) is 6.54 Å². The Hall–Kier alpha value is -2.21. The molecule has 0 aliphatic rings. The standard InChI is InChI=1S/C14H17FN4O/c1-2-6-17-9-10-8-11(15)3-4-13(10)19-7-5-12(18-19)14(16)20/h3-5,7-8,17H,2,6,9H2,1H3,(H2,16,20). The molecule has 0 aliphatic heterocycles. The van der Waals surface area contributed by atoms with Crippen molar-refractivity contribution in [1.82, 2.24) is 15.1 Å². The van der Waals surface area contributed by atoms with Crippen LogP contribution >= 0.6 is 0 Å². The van der Waals surface area contributed by atoms with E-state index in [4.69, 9.17) is 5.73 Å². The van der Waals surface area contributed by atoms with Crippen molar-refractivity contribution in [1.29, 1.82) is 0 Å². The summed E-state index contributed by atoms with van der Waals surface area (Å²) >= 11 is 0. The van der Waals surface area contributed by atoms with Gasteiger partial charge in [-0.05, 0) is 42.8 Å². The molecule has 5 nitrogen and oxygen atoms in total. The molecule has 1 aromatic carbocycles. The Bertz CT molecular complexity index is 609. The van der Waals surface area contributed by atoms with Gasteiger partial charge in [-0.3, -0.25) is 4.79 Å². The summed E-state index contributed by atoms with van der Waals surface area (Å²) < 4.78 is 14.9. The maximum atomic E-state index is 13.4. The van der Waals surface area contributed by atoms with Crippen LogP contribution in [0.2, 0.25) is 0 Å². The summed E-state index contributed by atoms with van der Waals surface area (Å²) in [6, 6.07) is 6.00. The SMILES string of the molecule is CCCNCc1cc(F)ccc1-n1ccc(C(N)=O)n1. The summed E-state index contributed by atoms with van der Waals surface area (Å²) in [4.78, 5) is 11.1. The van der Waals surface area contributed by atoms with Gasteiger partial charge in [-0.25, -0.2) is 9.07 Å². The summed E-state index contributed by atoms with van der Waals surface area (Å²) in [6.45, 7) is 3.44. The molecule has 106 valence electrons. The number of hydrogen-bond acceptors (Lipinski definition) is 3. The number of carbonyl (C=O) groups is 1. The number of amides is 1. The zero-order valence-corrected chi connectivity index (χ0v) is 11.3. The van der Waals surface area contributed by atoms with Gasteiger partial charge < -0.3 is 11.1 Å². The highest BCUT2D eigenvalue weighted by atomic mass is 19.1. The summed E-state index contributed by atoms with van der Waals surface area (Å²) in [5.74, 6) is -0.888. The summed E-state index contributed by atoms with van der Waals surface area (Å²) in [5.41, 5.74) is 6.86. The molecule has 20 heavy (non-hydrogen) atoms. The first-order valence-corrected chi connectivity index (χ1v) is 6.47. The third-order valence-corrected chi connectivity index (χ3v) is 2.87. The normalized spacial score (nSPS) is 10.7. The minimum Gasteiger partial charge on any atom is -0.364 e. The van der Waals surface area contributed by atoms with Crippen LogP contribution in [-0.2, 0) is 6.54 Å². The third kappa shape index (κ3) is 3.21. The van der Waals surface area contributed by atoms with E-state index in [1.54, 1.807) is 12.3 Å². The quantitative estimate of drug-likeness (QED) is 0.787. The lowest BCUT2D eigenvalue weighted by Crippen LogP contribution is -2.16. The number of aromatic nitrogens is 2. The largest absolute Gasteiger partial charge is 0.364 e. The van der Waals surface area contributed by atoms with Gasteiger partial charge in [0.05, 0.1) is 5.69 Å². The van der Waals surface area contributed by atoms with Gasteiger partial charge in [0.1, 0.15) is 11.5 Å². The highest BCUT2D eigenvalue weighted by molar-refractivity contribution is 5.90. The lowest BCUT2D eigenvalue weighted by atomic mass is 10.1. The number of halogens is 1. The van der Waals surface area contributed by atoms with Crippen molar-refractivity contribution in [3.8, 4) is 5.69 Å². The van der Waals surface area contributed by atoms with Crippen molar-refractivity contribution in [2.24, 2.45) is 5.73 Å². The molecule has 3 N–H and O–H groups in total. The van der Waals surface area contributed by atoms with Crippen LogP contribution in [0.25, 0.3) is 5.69 Å². The monoisotopic (exact) mass is 276 g/mol. The smallest absolute Gasteiger partial charge is 0.269 e. The van der Waals surface area contributed by atoms with Crippen LogP contribution < -0.4 is 11.1 Å². The number of nitrogens with two attached hydrogens (primary N) is 1. The number of carbonyl (C=O) groups excluding carboxylic acids is 1. The van der Waals surface area contributed by atoms with Crippen molar-refractivity contribution in [3.63, 3.8) is 0 Å². The topological polar surface area (TPSA) is 72.9 Å². The maximum absolute atomic E-state index is 13.4. The van der Waals surface area contributed by atoms with E-state index in [-0.39, 0.29) is 11.5 Å². The van der Waals surface area contributed by atoms with Crippen LogP contribution in [0, 0.1) is 5.82 Å². The van der Waals surface area contributed by atoms with Gasteiger partial charge >= 0.3 is 0 Å². The molecule has 1 heterocycles. The molecule has 2 aromatic rings. The van der Waals surface area contributed by atoms with Gasteiger partial charge in [0, 0.05) is 12.7 Å². The fraction of sp³-hybridized carbons (Fsp3) is 0.286. The molecule has 0 aliphatic carbocycles. The fourth-order valence-electron chi connectivity index (χ4n) is 1.91. The average Bonchev–Trinajstić information content (AvgIpc) is 2.89. The van der Waals surface area contributed by atoms with Crippen molar-refractivity contribution < 1.29 is 9.18 Å². The molecule has 0 radical (unpaired) electrons. The first-order valence-electron chi connectivity index (χ1n) is 6.47. The van der Waals surface area contributed by atoms with Crippen LogP contribution in [0.5, 0.6) is 0 Å². The molecule has 0 saturated carbocycles.